The molecule has 78 valence electrons. The largest absolute Gasteiger partial charge is 0.256 e. The van der Waals surface area contributed by atoms with Gasteiger partial charge >= 0.3 is 0 Å². The van der Waals surface area contributed by atoms with E-state index in [1.54, 1.807) is 0 Å². The van der Waals surface area contributed by atoms with Gasteiger partial charge in [0.2, 0.25) is 0 Å². The van der Waals surface area contributed by atoms with Crippen LogP contribution in [0.3, 0.4) is 0 Å². The van der Waals surface area contributed by atoms with Crippen molar-refractivity contribution in [3.05, 3.63) is 47.8 Å². The maximum atomic E-state index is 4.46. The van der Waals surface area contributed by atoms with Gasteiger partial charge in [-0.15, -0.1) is 0 Å². The van der Waals surface area contributed by atoms with Gasteiger partial charge in [0.15, 0.2) is 0 Å². The van der Waals surface area contributed by atoms with E-state index in [-0.39, 0.29) is 0 Å². The van der Waals surface area contributed by atoms with E-state index < -0.39 is 0 Å². The van der Waals surface area contributed by atoms with Crippen molar-refractivity contribution in [3.63, 3.8) is 0 Å². The van der Waals surface area contributed by atoms with E-state index in [2.05, 4.69) is 29.9 Å². The molecular weight excluding hydrogens is 196 g/mol. The molecule has 0 N–H and O–H groups in total. The Morgan fingerprint density at radius 3 is 2.62 bits per heavy atom. The number of aromatic nitrogens is 2. The summed E-state index contributed by atoms with van der Waals surface area (Å²) in [7, 11) is 0. The van der Waals surface area contributed by atoms with Crippen molar-refractivity contribution in [1.29, 1.82) is 0 Å². The van der Waals surface area contributed by atoms with E-state index in [0.717, 1.165) is 11.0 Å². The van der Waals surface area contributed by atoms with Crippen LogP contribution in [0.2, 0.25) is 0 Å². The van der Waals surface area contributed by atoms with Crippen molar-refractivity contribution >= 4 is 21.8 Å². The Morgan fingerprint density at radius 1 is 0.938 bits per heavy atom. The standard InChI is InChI=1S/C14H12N2/c1-9-8-16-13-6-5-12-11(4-3-7-15-12)14(13)10(9)2/h3-8H,1-2H3. The summed E-state index contributed by atoms with van der Waals surface area (Å²) in [5.74, 6) is 0. The predicted octanol–water partition coefficient (Wildman–Crippen LogP) is 3.40. The summed E-state index contributed by atoms with van der Waals surface area (Å²) in [6, 6.07) is 8.15. The maximum absolute atomic E-state index is 4.46. The Kier molecular flexibility index (Phi) is 1.90. The number of aryl methyl sites for hydroxylation is 2. The van der Waals surface area contributed by atoms with Gasteiger partial charge in [0, 0.05) is 23.2 Å². The van der Waals surface area contributed by atoms with E-state index in [1.165, 1.54) is 21.9 Å². The van der Waals surface area contributed by atoms with Crippen LogP contribution in [0.1, 0.15) is 11.1 Å². The molecule has 2 nitrogen and oxygen atoms in total. The molecule has 3 rings (SSSR count). The molecule has 2 aromatic heterocycles. The lowest BCUT2D eigenvalue weighted by molar-refractivity contribution is 1.28. The quantitative estimate of drug-likeness (QED) is 0.529. The summed E-state index contributed by atoms with van der Waals surface area (Å²) in [4.78, 5) is 8.84. The zero-order chi connectivity index (χ0) is 11.1. The van der Waals surface area contributed by atoms with Gasteiger partial charge in [0.1, 0.15) is 0 Å². The average molecular weight is 208 g/mol. The summed E-state index contributed by atoms with van der Waals surface area (Å²) in [5, 5.41) is 2.42. The van der Waals surface area contributed by atoms with Crippen LogP contribution in [0.5, 0.6) is 0 Å². The second-order valence-corrected chi connectivity index (χ2v) is 4.10. The van der Waals surface area contributed by atoms with Crippen LogP contribution in [0, 0.1) is 13.8 Å². The highest BCUT2D eigenvalue weighted by Crippen LogP contribution is 2.26. The maximum Gasteiger partial charge on any atom is 0.0712 e. The van der Waals surface area contributed by atoms with Gasteiger partial charge in [-0.05, 0) is 43.2 Å². The third-order valence-electron chi connectivity index (χ3n) is 3.13. The third-order valence-corrected chi connectivity index (χ3v) is 3.13. The number of hydrogen-bond donors (Lipinski definition) is 0. The molecule has 0 atom stereocenters. The lowest BCUT2D eigenvalue weighted by Crippen LogP contribution is -1.89. The van der Waals surface area contributed by atoms with E-state index in [9.17, 15) is 0 Å². The molecule has 0 amide bonds. The number of hydrogen-bond acceptors (Lipinski definition) is 2. The highest BCUT2D eigenvalue weighted by atomic mass is 14.7. The molecule has 2 heteroatoms. The summed E-state index contributed by atoms with van der Waals surface area (Å²) in [6.07, 6.45) is 3.76. The zero-order valence-electron chi connectivity index (χ0n) is 9.36. The summed E-state index contributed by atoms with van der Waals surface area (Å²) in [5.41, 5.74) is 4.60. The van der Waals surface area contributed by atoms with E-state index in [0.29, 0.717) is 0 Å². The number of fused-ring (bicyclic) bond motifs is 3. The van der Waals surface area contributed by atoms with Gasteiger partial charge in [0.05, 0.1) is 11.0 Å². The fourth-order valence-corrected chi connectivity index (χ4v) is 2.10. The summed E-state index contributed by atoms with van der Waals surface area (Å²) in [6.45, 7) is 4.24. The molecule has 2 heterocycles. The molecule has 0 aliphatic rings. The van der Waals surface area contributed by atoms with Crippen LogP contribution in [0.4, 0.5) is 0 Å². The number of pyridine rings is 2. The van der Waals surface area contributed by atoms with Crippen molar-refractivity contribution in [1.82, 2.24) is 9.97 Å². The van der Waals surface area contributed by atoms with Gasteiger partial charge in [0.25, 0.3) is 0 Å². The monoisotopic (exact) mass is 208 g/mol. The first-order valence-electron chi connectivity index (χ1n) is 5.37. The minimum atomic E-state index is 1.03. The lowest BCUT2D eigenvalue weighted by atomic mass is 10.0. The van der Waals surface area contributed by atoms with E-state index in [1.807, 2.05) is 30.6 Å². The first-order valence-corrected chi connectivity index (χ1v) is 5.37. The first kappa shape index (κ1) is 9.28. The van der Waals surface area contributed by atoms with E-state index >= 15 is 0 Å². The van der Waals surface area contributed by atoms with E-state index in [4.69, 9.17) is 0 Å². The Morgan fingerprint density at radius 2 is 1.75 bits per heavy atom. The smallest absolute Gasteiger partial charge is 0.0712 e. The fraction of sp³-hybridized carbons (Fsp3) is 0.143. The third kappa shape index (κ3) is 1.20. The molecule has 0 saturated heterocycles. The second-order valence-electron chi connectivity index (χ2n) is 4.10. The zero-order valence-corrected chi connectivity index (χ0v) is 9.36. The number of rotatable bonds is 0. The van der Waals surface area contributed by atoms with Gasteiger partial charge < -0.3 is 0 Å². The molecule has 0 radical (unpaired) electrons. The van der Waals surface area contributed by atoms with Gasteiger partial charge in [-0.2, -0.15) is 0 Å². The molecule has 3 aromatic rings. The molecule has 0 fully saturated rings. The molecule has 1 aromatic carbocycles. The molecule has 0 aliphatic heterocycles. The van der Waals surface area contributed by atoms with Crippen LogP contribution in [0.15, 0.2) is 36.7 Å². The molecular formula is C14H12N2. The van der Waals surface area contributed by atoms with Gasteiger partial charge in [-0.1, -0.05) is 6.07 Å². The minimum Gasteiger partial charge on any atom is -0.256 e. The Balaban J connectivity index is 2.63. The Hall–Kier alpha value is -1.96. The van der Waals surface area contributed by atoms with Crippen LogP contribution in [-0.2, 0) is 0 Å². The minimum absolute atomic E-state index is 1.03. The molecule has 0 saturated carbocycles. The van der Waals surface area contributed by atoms with Crippen LogP contribution in [-0.4, -0.2) is 9.97 Å². The average Bonchev–Trinajstić information content (AvgIpc) is 2.33. The Labute approximate surface area is 94.0 Å². The van der Waals surface area contributed by atoms with Crippen LogP contribution in [0.25, 0.3) is 21.8 Å². The molecule has 0 unspecified atom stereocenters. The predicted molar refractivity (Wildman–Crippen MR) is 66.5 cm³/mol. The van der Waals surface area contributed by atoms with Crippen LogP contribution < -0.4 is 0 Å². The SMILES string of the molecule is Cc1cnc2ccc3ncccc3c2c1C. The van der Waals surface area contributed by atoms with Crippen LogP contribution >= 0.6 is 0 Å². The molecule has 0 aliphatic carbocycles. The second kappa shape index (κ2) is 3.27. The van der Waals surface area contributed by atoms with Crippen molar-refractivity contribution in [3.8, 4) is 0 Å². The fourth-order valence-electron chi connectivity index (χ4n) is 2.10. The van der Waals surface area contributed by atoms with Gasteiger partial charge in [-0.25, -0.2) is 0 Å². The Bertz CT molecular complexity index is 687. The first-order chi connectivity index (χ1) is 7.77. The molecule has 0 spiro atoms. The molecule has 16 heavy (non-hydrogen) atoms. The van der Waals surface area contributed by atoms with Crippen molar-refractivity contribution in [2.45, 2.75) is 13.8 Å². The summed E-state index contributed by atoms with van der Waals surface area (Å²) >= 11 is 0. The number of nitrogens with zero attached hydrogens (tertiary/aromatic N) is 2. The highest BCUT2D eigenvalue weighted by Gasteiger charge is 2.06. The van der Waals surface area contributed by atoms with Gasteiger partial charge in [-0.3, -0.25) is 9.97 Å². The normalized spacial score (nSPS) is 11.1. The van der Waals surface area contributed by atoms with Crippen molar-refractivity contribution in [2.24, 2.45) is 0 Å². The van der Waals surface area contributed by atoms with Crippen molar-refractivity contribution in [2.75, 3.05) is 0 Å². The lowest BCUT2D eigenvalue weighted by Gasteiger charge is -2.07. The number of benzene rings is 1. The molecule has 0 bridgehead atoms. The summed E-state index contributed by atoms with van der Waals surface area (Å²) < 4.78 is 0. The topological polar surface area (TPSA) is 25.8 Å². The highest BCUT2D eigenvalue weighted by molar-refractivity contribution is 6.06. The van der Waals surface area contributed by atoms with Crippen molar-refractivity contribution < 1.29 is 0 Å².